The lowest BCUT2D eigenvalue weighted by Gasteiger charge is -2.09. The first-order valence-corrected chi connectivity index (χ1v) is 7.41. The Kier molecular flexibility index (Phi) is 3.90. The number of benzene rings is 1. The van der Waals surface area contributed by atoms with Gasteiger partial charge in [0.05, 0.1) is 6.54 Å². The zero-order valence-corrected chi connectivity index (χ0v) is 12.2. The van der Waals surface area contributed by atoms with Gasteiger partial charge in [0.2, 0.25) is 0 Å². The van der Waals surface area contributed by atoms with Crippen molar-refractivity contribution in [2.45, 2.75) is 38.9 Å². The van der Waals surface area contributed by atoms with Crippen molar-refractivity contribution in [3.63, 3.8) is 0 Å². The van der Waals surface area contributed by atoms with Crippen molar-refractivity contribution in [2.75, 3.05) is 5.32 Å². The van der Waals surface area contributed by atoms with Gasteiger partial charge in [-0.3, -0.25) is 4.79 Å². The minimum Gasteiger partial charge on any atom is -0.378 e. The van der Waals surface area contributed by atoms with E-state index in [0.29, 0.717) is 18.2 Å². The van der Waals surface area contributed by atoms with Crippen molar-refractivity contribution in [3.8, 4) is 0 Å². The van der Waals surface area contributed by atoms with Crippen LogP contribution in [0.2, 0.25) is 0 Å². The van der Waals surface area contributed by atoms with Crippen molar-refractivity contribution >= 4 is 11.6 Å². The molecule has 0 radical (unpaired) electrons. The van der Waals surface area contributed by atoms with Gasteiger partial charge in [0.25, 0.3) is 5.91 Å². The highest BCUT2D eigenvalue weighted by molar-refractivity contribution is 5.94. The third-order valence-corrected chi connectivity index (χ3v) is 3.65. The molecule has 0 bridgehead atoms. The molecule has 2 aromatic rings. The Hall–Kier alpha value is -2.30. The van der Waals surface area contributed by atoms with Crippen LogP contribution in [0, 0.1) is 0 Å². The van der Waals surface area contributed by atoms with Crippen LogP contribution in [-0.2, 0) is 13.1 Å². The van der Waals surface area contributed by atoms with E-state index in [1.807, 2.05) is 36.7 Å². The number of rotatable bonds is 6. The molecule has 1 fully saturated rings. The monoisotopic (exact) mass is 284 g/mol. The lowest BCUT2D eigenvalue weighted by atomic mass is 10.2. The highest BCUT2D eigenvalue weighted by Gasteiger charge is 2.23. The number of imidazole rings is 1. The highest BCUT2D eigenvalue weighted by Crippen LogP contribution is 2.19. The lowest BCUT2D eigenvalue weighted by Crippen LogP contribution is -2.25. The Bertz CT molecular complexity index is 613. The minimum atomic E-state index is 0.0191. The Morgan fingerprint density at radius 2 is 2.10 bits per heavy atom. The van der Waals surface area contributed by atoms with Crippen LogP contribution in [0.4, 0.5) is 5.69 Å². The van der Waals surface area contributed by atoms with E-state index < -0.39 is 0 Å². The van der Waals surface area contributed by atoms with E-state index in [2.05, 4.69) is 27.1 Å². The van der Waals surface area contributed by atoms with Gasteiger partial charge in [0.15, 0.2) is 0 Å². The summed E-state index contributed by atoms with van der Waals surface area (Å²) in [6.07, 6.45) is 6.00. The maximum absolute atomic E-state index is 11.9. The molecule has 0 atom stereocenters. The van der Waals surface area contributed by atoms with Gasteiger partial charge < -0.3 is 15.2 Å². The summed E-state index contributed by atoms with van der Waals surface area (Å²) in [6, 6.07) is 7.96. The summed E-state index contributed by atoms with van der Waals surface area (Å²) in [5.41, 5.74) is 1.70. The quantitative estimate of drug-likeness (QED) is 0.856. The van der Waals surface area contributed by atoms with Crippen LogP contribution in [0.1, 0.15) is 35.9 Å². The molecular weight excluding hydrogens is 264 g/mol. The predicted molar refractivity (Wildman–Crippen MR) is 82.2 cm³/mol. The van der Waals surface area contributed by atoms with Gasteiger partial charge in [-0.15, -0.1) is 0 Å². The molecule has 1 aliphatic carbocycles. The first-order valence-electron chi connectivity index (χ1n) is 7.41. The summed E-state index contributed by atoms with van der Waals surface area (Å²) in [5, 5.41) is 6.31. The molecule has 1 saturated carbocycles. The smallest absolute Gasteiger partial charge is 0.251 e. The molecule has 1 heterocycles. The molecule has 0 saturated heterocycles. The molecular formula is C16H20N4O. The van der Waals surface area contributed by atoms with Gasteiger partial charge in [0, 0.05) is 36.2 Å². The summed E-state index contributed by atoms with van der Waals surface area (Å²) in [4.78, 5) is 16.2. The fraction of sp³-hybridized carbons (Fsp3) is 0.375. The Morgan fingerprint density at radius 3 is 2.76 bits per heavy atom. The molecule has 5 heteroatoms. The number of aryl methyl sites for hydroxylation is 1. The van der Waals surface area contributed by atoms with E-state index in [9.17, 15) is 4.79 Å². The van der Waals surface area contributed by atoms with Gasteiger partial charge >= 0.3 is 0 Å². The average Bonchev–Trinajstić information content (AvgIpc) is 3.20. The molecule has 3 rings (SSSR count). The zero-order valence-electron chi connectivity index (χ0n) is 12.2. The normalized spacial score (nSPS) is 14.0. The van der Waals surface area contributed by atoms with E-state index >= 15 is 0 Å². The second kappa shape index (κ2) is 5.99. The molecule has 1 aromatic heterocycles. The average molecular weight is 284 g/mol. The summed E-state index contributed by atoms with van der Waals surface area (Å²) in [5.74, 6) is 1.03. The maximum Gasteiger partial charge on any atom is 0.251 e. The number of aromatic nitrogens is 2. The SMILES string of the molecule is CCn1ccnc1CNc1ccc(C(=O)NC2CC2)cc1. The number of nitrogens with one attached hydrogen (secondary N) is 2. The Balaban J connectivity index is 1.57. The van der Waals surface area contributed by atoms with Gasteiger partial charge in [-0.1, -0.05) is 0 Å². The largest absolute Gasteiger partial charge is 0.378 e. The molecule has 0 unspecified atom stereocenters. The van der Waals surface area contributed by atoms with Crippen LogP contribution in [0.5, 0.6) is 0 Å². The molecule has 1 aromatic carbocycles. The van der Waals surface area contributed by atoms with E-state index in [4.69, 9.17) is 0 Å². The van der Waals surface area contributed by atoms with Crippen molar-refractivity contribution in [3.05, 3.63) is 48.0 Å². The van der Waals surface area contributed by atoms with Crippen LogP contribution in [-0.4, -0.2) is 21.5 Å². The molecule has 2 N–H and O–H groups in total. The summed E-state index contributed by atoms with van der Waals surface area (Å²) in [7, 11) is 0. The number of anilines is 1. The minimum absolute atomic E-state index is 0.0191. The molecule has 0 spiro atoms. The van der Waals surface area contributed by atoms with Crippen molar-refractivity contribution in [1.82, 2.24) is 14.9 Å². The third kappa shape index (κ3) is 3.42. The van der Waals surface area contributed by atoms with Gasteiger partial charge in [-0.2, -0.15) is 0 Å². The van der Waals surface area contributed by atoms with Crippen molar-refractivity contribution in [2.24, 2.45) is 0 Å². The van der Waals surface area contributed by atoms with Gasteiger partial charge in [0.1, 0.15) is 5.82 Å². The van der Waals surface area contributed by atoms with Crippen LogP contribution in [0.25, 0.3) is 0 Å². The van der Waals surface area contributed by atoms with Crippen LogP contribution in [0.15, 0.2) is 36.7 Å². The summed E-state index contributed by atoms with van der Waals surface area (Å²) in [6.45, 7) is 3.68. The number of nitrogens with zero attached hydrogens (tertiary/aromatic N) is 2. The zero-order chi connectivity index (χ0) is 14.7. The Labute approximate surface area is 124 Å². The topological polar surface area (TPSA) is 59.0 Å². The number of hydrogen-bond acceptors (Lipinski definition) is 3. The molecule has 0 aliphatic heterocycles. The first kappa shape index (κ1) is 13.7. The molecule has 1 aliphatic rings. The van der Waals surface area contributed by atoms with Crippen molar-refractivity contribution in [1.29, 1.82) is 0 Å². The second-order valence-corrected chi connectivity index (χ2v) is 5.31. The molecule has 1 amide bonds. The van der Waals surface area contributed by atoms with Crippen LogP contribution >= 0.6 is 0 Å². The summed E-state index contributed by atoms with van der Waals surface area (Å²) < 4.78 is 2.10. The standard InChI is InChI=1S/C16H20N4O/c1-2-20-10-9-17-15(20)11-18-13-5-3-12(4-6-13)16(21)19-14-7-8-14/h3-6,9-10,14,18H,2,7-8,11H2,1H3,(H,19,21). The molecule has 110 valence electrons. The highest BCUT2D eigenvalue weighted by atomic mass is 16.1. The Morgan fingerprint density at radius 1 is 1.33 bits per heavy atom. The third-order valence-electron chi connectivity index (χ3n) is 3.65. The van der Waals surface area contributed by atoms with E-state index in [0.717, 1.165) is 30.9 Å². The number of amides is 1. The number of carbonyl (C=O) groups is 1. The number of hydrogen-bond donors (Lipinski definition) is 2. The van der Waals surface area contributed by atoms with Gasteiger partial charge in [-0.05, 0) is 44.0 Å². The maximum atomic E-state index is 11.9. The second-order valence-electron chi connectivity index (χ2n) is 5.31. The fourth-order valence-electron chi connectivity index (χ4n) is 2.21. The van der Waals surface area contributed by atoms with E-state index in [1.165, 1.54) is 0 Å². The fourth-order valence-corrected chi connectivity index (χ4v) is 2.21. The van der Waals surface area contributed by atoms with Crippen molar-refractivity contribution < 1.29 is 4.79 Å². The van der Waals surface area contributed by atoms with E-state index in [1.54, 1.807) is 0 Å². The van der Waals surface area contributed by atoms with E-state index in [-0.39, 0.29) is 5.91 Å². The molecule has 21 heavy (non-hydrogen) atoms. The number of carbonyl (C=O) groups excluding carboxylic acids is 1. The summed E-state index contributed by atoms with van der Waals surface area (Å²) >= 11 is 0. The van der Waals surface area contributed by atoms with Crippen LogP contribution < -0.4 is 10.6 Å². The van der Waals surface area contributed by atoms with Crippen LogP contribution in [0.3, 0.4) is 0 Å². The van der Waals surface area contributed by atoms with Gasteiger partial charge in [-0.25, -0.2) is 4.98 Å². The molecule has 5 nitrogen and oxygen atoms in total. The first-order chi connectivity index (χ1) is 10.3. The lowest BCUT2D eigenvalue weighted by molar-refractivity contribution is 0.0951. The predicted octanol–water partition coefficient (Wildman–Crippen LogP) is 2.41.